The molecule has 0 saturated carbocycles. The Morgan fingerprint density at radius 2 is 1.48 bits per heavy atom. The number of carbonyl (C=O) groups excluding carboxylic acids is 1. The van der Waals surface area contributed by atoms with E-state index in [4.69, 9.17) is 10.3 Å². The second kappa shape index (κ2) is 5.20. The highest BCUT2D eigenvalue weighted by molar-refractivity contribution is 5.93. The Labute approximate surface area is 121 Å². The van der Waals surface area contributed by atoms with Crippen LogP contribution in [0.5, 0.6) is 0 Å². The Kier molecular flexibility index (Phi) is 3.23. The van der Waals surface area contributed by atoms with Crippen molar-refractivity contribution in [3.8, 4) is 22.5 Å². The van der Waals surface area contributed by atoms with E-state index in [1.54, 1.807) is 19.1 Å². The monoisotopic (exact) mass is 279 g/mol. The van der Waals surface area contributed by atoms with E-state index >= 15 is 0 Å². The predicted octanol–water partition coefficient (Wildman–Crippen LogP) is 2.81. The number of primary amides is 1. The van der Waals surface area contributed by atoms with E-state index in [1.807, 2.05) is 36.4 Å². The van der Waals surface area contributed by atoms with Crippen LogP contribution in [0.2, 0.25) is 0 Å². The lowest BCUT2D eigenvalue weighted by molar-refractivity contribution is 0.100. The average molecular weight is 279 g/mol. The summed E-state index contributed by atoms with van der Waals surface area (Å²) in [5.41, 5.74) is 8.66. The number of carbonyl (C=O) groups is 1. The summed E-state index contributed by atoms with van der Waals surface area (Å²) < 4.78 is 4.96. The largest absolute Gasteiger partial charge is 0.366 e. The molecule has 5 heteroatoms. The second-order valence-corrected chi connectivity index (χ2v) is 4.66. The summed E-state index contributed by atoms with van der Waals surface area (Å²) in [5, 5.41) is 3.88. The number of rotatable bonds is 3. The van der Waals surface area contributed by atoms with Gasteiger partial charge in [0.1, 0.15) is 0 Å². The number of nitrogens with two attached hydrogens (primary N) is 1. The van der Waals surface area contributed by atoms with Crippen LogP contribution in [0.4, 0.5) is 0 Å². The smallest absolute Gasteiger partial charge is 0.248 e. The Balaban J connectivity index is 1.88. The zero-order valence-corrected chi connectivity index (χ0v) is 11.4. The molecule has 0 aliphatic carbocycles. The maximum atomic E-state index is 11.1. The van der Waals surface area contributed by atoms with Crippen LogP contribution in [0.1, 0.15) is 16.2 Å². The lowest BCUT2D eigenvalue weighted by Crippen LogP contribution is -2.10. The van der Waals surface area contributed by atoms with Crippen molar-refractivity contribution in [3.05, 3.63) is 60.0 Å². The van der Waals surface area contributed by atoms with Gasteiger partial charge in [-0.15, -0.1) is 0 Å². The molecule has 0 radical (unpaired) electrons. The summed E-state index contributed by atoms with van der Waals surface area (Å²) in [4.78, 5) is 15.2. The van der Waals surface area contributed by atoms with Gasteiger partial charge >= 0.3 is 0 Å². The molecule has 104 valence electrons. The number of benzene rings is 2. The van der Waals surface area contributed by atoms with E-state index in [-0.39, 0.29) is 0 Å². The van der Waals surface area contributed by atoms with Crippen molar-refractivity contribution in [2.75, 3.05) is 0 Å². The highest BCUT2D eigenvalue weighted by atomic mass is 16.5. The van der Waals surface area contributed by atoms with Gasteiger partial charge in [-0.05, 0) is 23.3 Å². The number of hydrogen-bond donors (Lipinski definition) is 1. The lowest BCUT2D eigenvalue weighted by Gasteiger charge is -2.03. The number of nitrogens with zero attached hydrogens (tertiary/aromatic N) is 2. The van der Waals surface area contributed by atoms with Crippen molar-refractivity contribution in [1.82, 2.24) is 10.1 Å². The third-order valence-corrected chi connectivity index (χ3v) is 3.17. The molecule has 1 heterocycles. The molecule has 1 aromatic heterocycles. The minimum absolute atomic E-state index is 0.427. The van der Waals surface area contributed by atoms with Crippen LogP contribution < -0.4 is 5.73 Å². The number of aromatic nitrogens is 2. The van der Waals surface area contributed by atoms with Gasteiger partial charge in [-0.1, -0.05) is 41.6 Å². The molecule has 1 amide bonds. The van der Waals surface area contributed by atoms with Crippen molar-refractivity contribution in [3.63, 3.8) is 0 Å². The fraction of sp³-hybridized carbons (Fsp3) is 0.0625. The van der Waals surface area contributed by atoms with E-state index < -0.39 is 5.91 Å². The first-order valence-corrected chi connectivity index (χ1v) is 6.44. The van der Waals surface area contributed by atoms with Crippen LogP contribution >= 0.6 is 0 Å². The fourth-order valence-corrected chi connectivity index (χ4v) is 2.06. The Bertz CT molecular complexity index is 774. The van der Waals surface area contributed by atoms with Gasteiger partial charge in [-0.25, -0.2) is 0 Å². The predicted molar refractivity (Wildman–Crippen MR) is 78.4 cm³/mol. The van der Waals surface area contributed by atoms with Gasteiger partial charge in [-0.3, -0.25) is 4.79 Å². The summed E-state index contributed by atoms with van der Waals surface area (Å²) >= 11 is 0. The first kappa shape index (κ1) is 13.1. The first-order chi connectivity index (χ1) is 10.1. The van der Waals surface area contributed by atoms with Crippen molar-refractivity contribution in [2.45, 2.75) is 6.92 Å². The molecule has 3 rings (SSSR count). The van der Waals surface area contributed by atoms with Gasteiger partial charge in [0, 0.05) is 18.1 Å². The normalized spacial score (nSPS) is 10.5. The molecule has 0 spiro atoms. The van der Waals surface area contributed by atoms with Gasteiger partial charge in [0.05, 0.1) is 0 Å². The lowest BCUT2D eigenvalue weighted by atomic mass is 10.0. The SMILES string of the molecule is Cc1nc(-c2ccc(-c3ccc(C(N)=O)cc3)cc2)no1. The first-order valence-electron chi connectivity index (χ1n) is 6.44. The third-order valence-electron chi connectivity index (χ3n) is 3.17. The van der Waals surface area contributed by atoms with E-state index in [9.17, 15) is 4.79 Å². The second-order valence-electron chi connectivity index (χ2n) is 4.66. The molecule has 0 fully saturated rings. The van der Waals surface area contributed by atoms with E-state index in [0.29, 0.717) is 17.3 Å². The zero-order chi connectivity index (χ0) is 14.8. The topological polar surface area (TPSA) is 82.0 Å². The molecule has 5 nitrogen and oxygen atoms in total. The maximum Gasteiger partial charge on any atom is 0.248 e. The Morgan fingerprint density at radius 3 is 1.95 bits per heavy atom. The minimum atomic E-state index is -0.427. The molecular formula is C16H13N3O2. The molecular weight excluding hydrogens is 266 g/mol. The van der Waals surface area contributed by atoms with Crippen LogP contribution in [-0.2, 0) is 0 Å². The molecule has 0 aliphatic heterocycles. The minimum Gasteiger partial charge on any atom is -0.366 e. The van der Waals surface area contributed by atoms with Gasteiger partial charge in [-0.2, -0.15) is 4.98 Å². The van der Waals surface area contributed by atoms with E-state index in [1.165, 1.54) is 0 Å². The van der Waals surface area contributed by atoms with Gasteiger partial charge in [0.25, 0.3) is 0 Å². The highest BCUT2D eigenvalue weighted by Gasteiger charge is 2.06. The van der Waals surface area contributed by atoms with Gasteiger partial charge in [0.2, 0.25) is 17.6 Å². The molecule has 0 unspecified atom stereocenters. The quantitative estimate of drug-likeness (QED) is 0.799. The highest BCUT2D eigenvalue weighted by Crippen LogP contribution is 2.23. The molecule has 21 heavy (non-hydrogen) atoms. The summed E-state index contributed by atoms with van der Waals surface area (Å²) in [6.45, 7) is 1.76. The van der Waals surface area contributed by atoms with Gasteiger partial charge in [0.15, 0.2) is 0 Å². The van der Waals surface area contributed by atoms with Crippen molar-refractivity contribution >= 4 is 5.91 Å². The average Bonchev–Trinajstić information content (AvgIpc) is 2.94. The van der Waals surface area contributed by atoms with Crippen LogP contribution in [0.3, 0.4) is 0 Å². The molecule has 2 aromatic carbocycles. The molecule has 0 saturated heterocycles. The Hall–Kier alpha value is -2.95. The van der Waals surface area contributed by atoms with Crippen molar-refractivity contribution in [1.29, 1.82) is 0 Å². The Morgan fingerprint density at radius 1 is 0.952 bits per heavy atom. The number of hydrogen-bond acceptors (Lipinski definition) is 4. The van der Waals surface area contributed by atoms with E-state index in [0.717, 1.165) is 16.7 Å². The number of aryl methyl sites for hydroxylation is 1. The van der Waals surface area contributed by atoms with Crippen LogP contribution in [0.15, 0.2) is 53.1 Å². The summed E-state index contributed by atoms with van der Waals surface area (Å²) in [6, 6.07) is 15.0. The molecule has 2 N–H and O–H groups in total. The summed E-state index contributed by atoms with van der Waals surface area (Å²) in [5.74, 6) is 0.684. The zero-order valence-electron chi connectivity index (χ0n) is 11.4. The van der Waals surface area contributed by atoms with Crippen molar-refractivity contribution in [2.24, 2.45) is 5.73 Å². The molecule has 3 aromatic rings. The summed E-state index contributed by atoms with van der Waals surface area (Å²) in [6.07, 6.45) is 0. The van der Waals surface area contributed by atoms with Crippen molar-refractivity contribution < 1.29 is 9.32 Å². The number of amides is 1. The fourth-order valence-electron chi connectivity index (χ4n) is 2.06. The maximum absolute atomic E-state index is 11.1. The van der Waals surface area contributed by atoms with Crippen LogP contribution in [-0.4, -0.2) is 16.0 Å². The molecule has 0 aliphatic rings. The standard InChI is InChI=1S/C16H13N3O2/c1-10-18-16(19-21-10)14-8-4-12(5-9-14)11-2-6-13(7-3-11)15(17)20/h2-9H,1H3,(H2,17,20). The molecule has 0 bridgehead atoms. The third kappa shape index (κ3) is 2.67. The van der Waals surface area contributed by atoms with E-state index in [2.05, 4.69) is 10.1 Å². The van der Waals surface area contributed by atoms with Crippen LogP contribution in [0.25, 0.3) is 22.5 Å². The van der Waals surface area contributed by atoms with Gasteiger partial charge < -0.3 is 10.3 Å². The molecule has 0 atom stereocenters. The summed E-state index contributed by atoms with van der Waals surface area (Å²) in [7, 11) is 0. The van der Waals surface area contributed by atoms with Crippen LogP contribution in [0, 0.1) is 6.92 Å².